The first-order valence-electron chi connectivity index (χ1n) is 4.74. The van der Waals surface area contributed by atoms with Crippen molar-refractivity contribution in [2.24, 2.45) is 0 Å². The summed E-state index contributed by atoms with van der Waals surface area (Å²) in [5.41, 5.74) is 0.500. The van der Waals surface area contributed by atoms with Crippen molar-refractivity contribution in [3.8, 4) is 0 Å². The minimum Gasteiger partial charge on any atom is -0.323 e. The van der Waals surface area contributed by atoms with Gasteiger partial charge in [-0.3, -0.25) is 4.79 Å². The highest BCUT2D eigenvalue weighted by atomic mass is 19.3. The SMILES string of the molecule is O=C(CCCC=C(F)F)Nc1cncnc1. The van der Waals surface area contributed by atoms with Crippen LogP contribution in [-0.4, -0.2) is 15.9 Å². The molecule has 0 unspecified atom stereocenters. The summed E-state index contributed by atoms with van der Waals surface area (Å²) in [6, 6.07) is 0. The number of allylic oxidation sites excluding steroid dienone is 1. The molecular weight excluding hydrogens is 216 g/mol. The molecule has 0 atom stereocenters. The van der Waals surface area contributed by atoms with Crippen molar-refractivity contribution < 1.29 is 13.6 Å². The van der Waals surface area contributed by atoms with E-state index in [1.165, 1.54) is 18.7 Å². The number of carbonyl (C=O) groups excluding carboxylic acids is 1. The average Bonchev–Trinajstić information content (AvgIpc) is 2.25. The lowest BCUT2D eigenvalue weighted by molar-refractivity contribution is -0.116. The predicted octanol–water partition coefficient (Wildman–Crippen LogP) is 2.37. The third kappa shape index (κ3) is 5.14. The maximum Gasteiger partial charge on any atom is 0.266 e. The van der Waals surface area contributed by atoms with E-state index in [1.807, 2.05) is 0 Å². The smallest absolute Gasteiger partial charge is 0.266 e. The molecule has 0 saturated heterocycles. The van der Waals surface area contributed by atoms with Crippen molar-refractivity contribution in [1.82, 2.24) is 9.97 Å². The Morgan fingerprint density at radius 3 is 2.69 bits per heavy atom. The molecule has 0 aliphatic heterocycles. The number of halogens is 2. The summed E-state index contributed by atoms with van der Waals surface area (Å²) in [5, 5.41) is 2.56. The molecule has 0 spiro atoms. The highest BCUT2D eigenvalue weighted by Crippen LogP contribution is 2.06. The van der Waals surface area contributed by atoms with Crippen LogP contribution in [0.25, 0.3) is 0 Å². The van der Waals surface area contributed by atoms with Gasteiger partial charge in [-0.1, -0.05) is 0 Å². The molecule has 0 aliphatic rings. The normalized spacial score (nSPS) is 9.62. The lowest BCUT2D eigenvalue weighted by atomic mass is 10.2. The number of carbonyl (C=O) groups is 1. The summed E-state index contributed by atoms with van der Waals surface area (Å²) in [6.07, 6.45) is 4.15. The van der Waals surface area contributed by atoms with Gasteiger partial charge in [-0.2, -0.15) is 8.78 Å². The summed E-state index contributed by atoms with van der Waals surface area (Å²) in [7, 11) is 0. The Hall–Kier alpha value is -1.85. The van der Waals surface area contributed by atoms with Gasteiger partial charge in [0.15, 0.2) is 0 Å². The minimum absolute atomic E-state index is 0.193. The van der Waals surface area contributed by atoms with Crippen molar-refractivity contribution in [3.63, 3.8) is 0 Å². The lowest BCUT2D eigenvalue weighted by Gasteiger charge is -2.02. The van der Waals surface area contributed by atoms with Gasteiger partial charge in [0.1, 0.15) is 6.33 Å². The Morgan fingerprint density at radius 2 is 2.06 bits per heavy atom. The van der Waals surface area contributed by atoms with Gasteiger partial charge in [0.05, 0.1) is 18.1 Å². The standard InChI is InChI=1S/C10H11F2N3O/c11-9(12)3-1-2-4-10(16)15-8-5-13-7-14-6-8/h3,5-7H,1-2,4H2,(H,15,16). The molecule has 0 radical (unpaired) electrons. The van der Waals surface area contributed by atoms with E-state index in [9.17, 15) is 13.6 Å². The van der Waals surface area contributed by atoms with Crippen LogP contribution >= 0.6 is 0 Å². The average molecular weight is 227 g/mol. The van der Waals surface area contributed by atoms with Crippen molar-refractivity contribution in [2.45, 2.75) is 19.3 Å². The second kappa shape index (κ2) is 6.60. The zero-order chi connectivity index (χ0) is 11.8. The lowest BCUT2D eigenvalue weighted by Crippen LogP contribution is -2.11. The number of unbranched alkanes of at least 4 members (excludes halogenated alkanes) is 1. The molecule has 0 bridgehead atoms. The third-order valence-corrected chi connectivity index (χ3v) is 1.75. The van der Waals surface area contributed by atoms with Gasteiger partial charge in [0, 0.05) is 6.42 Å². The topological polar surface area (TPSA) is 54.9 Å². The summed E-state index contributed by atoms with van der Waals surface area (Å²) < 4.78 is 23.3. The van der Waals surface area contributed by atoms with Gasteiger partial charge < -0.3 is 5.32 Å². The number of hydrogen-bond acceptors (Lipinski definition) is 3. The largest absolute Gasteiger partial charge is 0.323 e. The zero-order valence-electron chi connectivity index (χ0n) is 8.49. The Morgan fingerprint density at radius 1 is 1.38 bits per heavy atom. The van der Waals surface area contributed by atoms with Crippen molar-refractivity contribution >= 4 is 11.6 Å². The van der Waals surface area contributed by atoms with Crippen molar-refractivity contribution in [2.75, 3.05) is 5.32 Å². The maximum absolute atomic E-state index is 11.7. The number of nitrogens with one attached hydrogen (secondary N) is 1. The molecule has 86 valence electrons. The van der Waals surface area contributed by atoms with Gasteiger partial charge in [-0.15, -0.1) is 0 Å². The summed E-state index contributed by atoms with van der Waals surface area (Å²) in [5.74, 6) is -0.234. The number of nitrogens with zero attached hydrogens (tertiary/aromatic N) is 2. The number of anilines is 1. The molecule has 1 aromatic heterocycles. The molecule has 1 N–H and O–H groups in total. The summed E-state index contributed by atoms with van der Waals surface area (Å²) in [6.45, 7) is 0. The molecule has 1 aromatic rings. The van der Waals surface area contributed by atoms with Crippen LogP contribution in [0.5, 0.6) is 0 Å². The third-order valence-electron chi connectivity index (χ3n) is 1.75. The first-order valence-corrected chi connectivity index (χ1v) is 4.74. The van der Waals surface area contributed by atoms with Gasteiger partial charge >= 0.3 is 0 Å². The molecule has 1 amide bonds. The molecule has 0 fully saturated rings. The summed E-state index contributed by atoms with van der Waals surface area (Å²) >= 11 is 0. The van der Waals surface area contributed by atoms with Crippen LogP contribution in [0.15, 0.2) is 30.9 Å². The predicted molar refractivity (Wildman–Crippen MR) is 54.8 cm³/mol. The Kier molecular flexibility index (Phi) is 5.04. The number of aromatic nitrogens is 2. The first-order chi connectivity index (χ1) is 7.68. The van der Waals surface area contributed by atoms with Crippen LogP contribution in [0.3, 0.4) is 0 Å². The van der Waals surface area contributed by atoms with E-state index >= 15 is 0 Å². The van der Waals surface area contributed by atoms with Crippen LogP contribution in [0.2, 0.25) is 0 Å². The minimum atomic E-state index is -1.71. The fourth-order valence-corrected chi connectivity index (χ4v) is 1.06. The van der Waals surface area contributed by atoms with E-state index in [4.69, 9.17) is 0 Å². The summed E-state index contributed by atoms with van der Waals surface area (Å²) in [4.78, 5) is 18.7. The molecular formula is C10H11F2N3O. The number of rotatable bonds is 5. The Bertz CT molecular complexity index is 364. The quantitative estimate of drug-likeness (QED) is 0.785. The highest BCUT2D eigenvalue weighted by Gasteiger charge is 2.01. The van der Waals surface area contributed by atoms with Crippen LogP contribution in [-0.2, 0) is 4.79 Å². The monoisotopic (exact) mass is 227 g/mol. The van der Waals surface area contributed by atoms with Crippen LogP contribution in [0, 0.1) is 0 Å². The molecule has 16 heavy (non-hydrogen) atoms. The maximum atomic E-state index is 11.7. The van der Waals surface area contributed by atoms with Gasteiger partial charge in [-0.25, -0.2) is 9.97 Å². The van der Waals surface area contributed by atoms with Crippen molar-refractivity contribution in [1.29, 1.82) is 0 Å². The first kappa shape index (κ1) is 12.2. The molecule has 6 heteroatoms. The van der Waals surface area contributed by atoms with Gasteiger partial charge in [0.2, 0.25) is 5.91 Å². The van der Waals surface area contributed by atoms with Gasteiger partial charge in [0.25, 0.3) is 6.08 Å². The van der Waals surface area contributed by atoms with E-state index in [0.29, 0.717) is 12.1 Å². The number of hydrogen-bond donors (Lipinski definition) is 1. The van der Waals surface area contributed by atoms with Crippen LogP contribution < -0.4 is 5.32 Å². The van der Waals surface area contributed by atoms with E-state index in [1.54, 1.807) is 0 Å². The molecule has 1 heterocycles. The highest BCUT2D eigenvalue weighted by molar-refractivity contribution is 5.90. The number of amides is 1. The van der Waals surface area contributed by atoms with Crippen LogP contribution in [0.4, 0.5) is 14.5 Å². The fourth-order valence-electron chi connectivity index (χ4n) is 1.06. The second-order valence-corrected chi connectivity index (χ2v) is 3.06. The molecule has 0 saturated carbocycles. The molecule has 4 nitrogen and oxygen atoms in total. The van der Waals surface area contributed by atoms with E-state index < -0.39 is 6.08 Å². The van der Waals surface area contributed by atoms with E-state index in [2.05, 4.69) is 15.3 Å². The zero-order valence-corrected chi connectivity index (χ0v) is 8.49. The van der Waals surface area contributed by atoms with Crippen LogP contribution in [0.1, 0.15) is 19.3 Å². The molecule has 0 aliphatic carbocycles. The molecule has 0 aromatic carbocycles. The molecule has 1 rings (SSSR count). The Labute approximate surface area is 91.4 Å². The second-order valence-electron chi connectivity index (χ2n) is 3.06. The van der Waals surface area contributed by atoms with Crippen molar-refractivity contribution in [3.05, 3.63) is 30.9 Å². The van der Waals surface area contributed by atoms with Gasteiger partial charge in [-0.05, 0) is 18.9 Å². The van der Waals surface area contributed by atoms with E-state index in [-0.39, 0.29) is 18.7 Å². The Balaban J connectivity index is 2.24. The fraction of sp³-hybridized carbons (Fsp3) is 0.300. The van der Waals surface area contributed by atoms with E-state index in [0.717, 1.165) is 6.08 Å².